The van der Waals surface area contributed by atoms with Crippen molar-refractivity contribution in [2.75, 3.05) is 0 Å². The van der Waals surface area contributed by atoms with E-state index in [0.29, 0.717) is 5.58 Å². The molecule has 0 aliphatic rings. The number of nitrogens with zero attached hydrogens (tertiary/aromatic N) is 1. The molecule has 0 aliphatic heterocycles. The molecule has 0 atom stereocenters. The number of amides is 1. The van der Waals surface area contributed by atoms with Crippen molar-refractivity contribution in [3.05, 3.63) is 56.9 Å². The SMILES string of the molecule is O=C(N/N=C/c1cc(Br)cs1)c1cc2ccccc2o1. The minimum atomic E-state index is -0.368. The summed E-state index contributed by atoms with van der Waals surface area (Å²) in [5, 5.41) is 6.75. The summed E-state index contributed by atoms with van der Waals surface area (Å²) >= 11 is 4.89. The van der Waals surface area contributed by atoms with Gasteiger partial charge in [-0.1, -0.05) is 18.2 Å². The summed E-state index contributed by atoms with van der Waals surface area (Å²) in [7, 11) is 0. The van der Waals surface area contributed by atoms with Gasteiger partial charge in [0.15, 0.2) is 5.76 Å². The molecule has 1 aromatic carbocycles. The van der Waals surface area contributed by atoms with E-state index in [4.69, 9.17) is 4.42 Å². The van der Waals surface area contributed by atoms with Crippen LogP contribution in [-0.2, 0) is 0 Å². The summed E-state index contributed by atoms with van der Waals surface area (Å²) in [6, 6.07) is 11.1. The first kappa shape index (κ1) is 13.1. The molecule has 6 heteroatoms. The summed E-state index contributed by atoms with van der Waals surface area (Å²) in [6.45, 7) is 0. The van der Waals surface area contributed by atoms with Gasteiger partial charge in [0.1, 0.15) is 5.58 Å². The first-order valence-electron chi connectivity index (χ1n) is 5.78. The minimum absolute atomic E-state index is 0.246. The Bertz CT molecular complexity index is 758. The number of furan rings is 1. The summed E-state index contributed by atoms with van der Waals surface area (Å²) in [5.41, 5.74) is 3.13. The Morgan fingerprint density at radius 2 is 2.20 bits per heavy atom. The van der Waals surface area contributed by atoms with E-state index in [1.807, 2.05) is 35.7 Å². The third-order valence-corrected chi connectivity index (χ3v) is 4.22. The van der Waals surface area contributed by atoms with E-state index in [1.54, 1.807) is 12.3 Å². The largest absolute Gasteiger partial charge is 0.451 e. The monoisotopic (exact) mass is 348 g/mol. The third kappa shape index (κ3) is 2.81. The molecule has 0 radical (unpaired) electrons. The van der Waals surface area contributed by atoms with Gasteiger partial charge in [0.2, 0.25) is 0 Å². The average Bonchev–Trinajstić information content (AvgIpc) is 3.04. The van der Waals surface area contributed by atoms with Crippen LogP contribution in [-0.4, -0.2) is 12.1 Å². The zero-order valence-corrected chi connectivity index (χ0v) is 12.6. The Kier molecular flexibility index (Phi) is 3.66. The van der Waals surface area contributed by atoms with Crippen LogP contribution in [0.2, 0.25) is 0 Å². The highest BCUT2D eigenvalue weighted by Crippen LogP contribution is 2.19. The van der Waals surface area contributed by atoms with Gasteiger partial charge in [-0.05, 0) is 34.1 Å². The van der Waals surface area contributed by atoms with Crippen molar-refractivity contribution < 1.29 is 9.21 Å². The zero-order chi connectivity index (χ0) is 13.9. The van der Waals surface area contributed by atoms with Crippen molar-refractivity contribution in [2.45, 2.75) is 0 Å². The lowest BCUT2D eigenvalue weighted by molar-refractivity contribution is 0.0929. The predicted octanol–water partition coefficient (Wildman–Crippen LogP) is 4.02. The summed E-state index contributed by atoms with van der Waals surface area (Å²) in [6.07, 6.45) is 1.59. The van der Waals surface area contributed by atoms with Crippen molar-refractivity contribution in [1.82, 2.24) is 5.43 Å². The van der Waals surface area contributed by atoms with Crippen LogP contribution < -0.4 is 5.43 Å². The minimum Gasteiger partial charge on any atom is -0.451 e. The summed E-state index contributed by atoms with van der Waals surface area (Å²) in [4.78, 5) is 12.8. The molecule has 20 heavy (non-hydrogen) atoms. The highest BCUT2D eigenvalue weighted by atomic mass is 79.9. The molecule has 1 N–H and O–H groups in total. The molecule has 0 saturated carbocycles. The molecular weight excluding hydrogens is 340 g/mol. The van der Waals surface area contributed by atoms with Gasteiger partial charge in [-0.2, -0.15) is 5.10 Å². The number of hydrogen-bond acceptors (Lipinski definition) is 4. The van der Waals surface area contributed by atoms with Gasteiger partial charge >= 0.3 is 5.91 Å². The predicted molar refractivity (Wildman–Crippen MR) is 83.3 cm³/mol. The lowest BCUT2D eigenvalue weighted by Gasteiger charge is -1.93. The average molecular weight is 349 g/mol. The summed E-state index contributed by atoms with van der Waals surface area (Å²) < 4.78 is 6.44. The molecule has 100 valence electrons. The number of thiophene rings is 1. The molecule has 0 aliphatic carbocycles. The van der Waals surface area contributed by atoms with Crippen molar-refractivity contribution in [2.24, 2.45) is 5.10 Å². The maximum Gasteiger partial charge on any atom is 0.307 e. The summed E-state index contributed by atoms with van der Waals surface area (Å²) in [5.74, 6) is -0.121. The normalized spacial score (nSPS) is 11.2. The first-order valence-corrected chi connectivity index (χ1v) is 7.46. The van der Waals surface area contributed by atoms with Crippen molar-refractivity contribution in [3.63, 3.8) is 0 Å². The number of carbonyl (C=O) groups excluding carboxylic acids is 1. The number of para-hydroxylation sites is 1. The van der Waals surface area contributed by atoms with E-state index in [2.05, 4.69) is 26.5 Å². The number of halogens is 1. The second-order valence-corrected chi connectivity index (χ2v) is 5.87. The van der Waals surface area contributed by atoms with Crippen LogP contribution in [0.25, 0.3) is 11.0 Å². The van der Waals surface area contributed by atoms with Gasteiger partial charge in [-0.25, -0.2) is 5.43 Å². The number of carbonyl (C=O) groups is 1. The molecule has 1 amide bonds. The second kappa shape index (κ2) is 5.60. The maximum atomic E-state index is 11.9. The second-order valence-electron chi connectivity index (χ2n) is 4.01. The standard InChI is InChI=1S/C14H9BrN2O2S/c15-10-6-11(20-8-10)7-16-17-14(18)13-5-9-3-1-2-4-12(9)19-13/h1-8H,(H,17,18)/b16-7+. The topological polar surface area (TPSA) is 54.6 Å². The molecular formula is C14H9BrN2O2S. The van der Waals surface area contributed by atoms with Crippen LogP contribution in [0.4, 0.5) is 0 Å². The fraction of sp³-hybridized carbons (Fsp3) is 0. The molecule has 0 unspecified atom stereocenters. The van der Waals surface area contributed by atoms with Crippen LogP contribution in [0.1, 0.15) is 15.4 Å². The van der Waals surface area contributed by atoms with Crippen LogP contribution in [0.5, 0.6) is 0 Å². The number of benzene rings is 1. The smallest absolute Gasteiger partial charge is 0.307 e. The van der Waals surface area contributed by atoms with Gasteiger partial charge in [0, 0.05) is 20.1 Å². The van der Waals surface area contributed by atoms with E-state index in [-0.39, 0.29) is 11.7 Å². The number of hydrazone groups is 1. The van der Waals surface area contributed by atoms with Gasteiger partial charge in [-0.3, -0.25) is 4.79 Å². The Morgan fingerprint density at radius 3 is 2.95 bits per heavy atom. The fourth-order valence-corrected chi connectivity index (χ4v) is 3.00. The molecule has 0 saturated heterocycles. The fourth-order valence-electron chi connectivity index (χ4n) is 1.70. The Labute approximate surface area is 127 Å². The molecule has 2 heterocycles. The highest BCUT2D eigenvalue weighted by Gasteiger charge is 2.10. The van der Waals surface area contributed by atoms with Gasteiger partial charge in [0.05, 0.1) is 6.21 Å². The molecule has 3 aromatic rings. The van der Waals surface area contributed by atoms with Gasteiger partial charge < -0.3 is 4.42 Å². The Morgan fingerprint density at radius 1 is 1.35 bits per heavy atom. The van der Waals surface area contributed by atoms with E-state index < -0.39 is 0 Å². The number of hydrogen-bond donors (Lipinski definition) is 1. The van der Waals surface area contributed by atoms with Gasteiger partial charge in [0.25, 0.3) is 0 Å². The van der Waals surface area contributed by atoms with Gasteiger partial charge in [-0.15, -0.1) is 11.3 Å². The highest BCUT2D eigenvalue weighted by molar-refractivity contribution is 9.10. The molecule has 3 rings (SSSR count). The quantitative estimate of drug-likeness (QED) is 0.574. The Balaban J connectivity index is 1.71. The molecule has 2 aromatic heterocycles. The number of rotatable bonds is 3. The van der Waals surface area contributed by atoms with Crippen LogP contribution in [0.3, 0.4) is 0 Å². The van der Waals surface area contributed by atoms with Crippen molar-refractivity contribution in [3.8, 4) is 0 Å². The first-order chi connectivity index (χ1) is 9.72. The van der Waals surface area contributed by atoms with Crippen molar-refractivity contribution in [1.29, 1.82) is 0 Å². The van der Waals surface area contributed by atoms with E-state index >= 15 is 0 Å². The molecule has 0 spiro atoms. The lowest BCUT2D eigenvalue weighted by Crippen LogP contribution is -2.16. The maximum absolute atomic E-state index is 11.9. The zero-order valence-electron chi connectivity index (χ0n) is 10.2. The van der Waals surface area contributed by atoms with Crippen molar-refractivity contribution >= 4 is 50.4 Å². The van der Waals surface area contributed by atoms with E-state index in [1.165, 1.54) is 11.3 Å². The number of nitrogens with one attached hydrogen (secondary N) is 1. The Hall–Kier alpha value is -1.92. The number of fused-ring (bicyclic) bond motifs is 1. The van der Waals surface area contributed by atoms with Crippen LogP contribution in [0, 0.1) is 0 Å². The molecule has 4 nitrogen and oxygen atoms in total. The van der Waals surface area contributed by atoms with Crippen LogP contribution in [0.15, 0.2) is 55.8 Å². The third-order valence-electron chi connectivity index (χ3n) is 2.59. The lowest BCUT2D eigenvalue weighted by atomic mass is 10.2. The molecule has 0 bridgehead atoms. The van der Waals surface area contributed by atoms with Crippen LogP contribution >= 0.6 is 27.3 Å². The molecule has 0 fully saturated rings. The van der Waals surface area contributed by atoms with E-state index in [9.17, 15) is 4.79 Å². The van der Waals surface area contributed by atoms with E-state index in [0.717, 1.165) is 14.7 Å².